The average Bonchev–Trinajstić information content (AvgIpc) is 2.17. The molecule has 0 fully saturated rings. The Morgan fingerprint density at radius 3 is 1.76 bits per heavy atom. The summed E-state index contributed by atoms with van der Waals surface area (Å²) in [6.07, 6.45) is -4.14. The molecule has 0 aliphatic heterocycles. The standard InChI is InChI=1S/C12H19F3O2/c1-5-8(6-2)9(16)7-10(17)11(3,4)12(13,14)15/h8H,5-7H2,1-4H3. The van der Waals surface area contributed by atoms with E-state index in [4.69, 9.17) is 0 Å². The molecular formula is C12H19F3O2. The summed E-state index contributed by atoms with van der Waals surface area (Å²) in [5.74, 6) is -1.76. The fraction of sp³-hybridized carbons (Fsp3) is 0.833. The van der Waals surface area contributed by atoms with E-state index in [0.717, 1.165) is 13.8 Å². The monoisotopic (exact) mass is 252 g/mol. The van der Waals surface area contributed by atoms with Crippen LogP contribution in [0.4, 0.5) is 13.2 Å². The second kappa shape index (κ2) is 5.65. The second-order valence-corrected chi connectivity index (χ2v) is 4.70. The molecule has 0 atom stereocenters. The summed E-state index contributed by atoms with van der Waals surface area (Å²) in [6.45, 7) is 5.20. The van der Waals surface area contributed by atoms with Crippen molar-refractivity contribution < 1.29 is 22.8 Å². The molecule has 17 heavy (non-hydrogen) atoms. The van der Waals surface area contributed by atoms with Gasteiger partial charge >= 0.3 is 6.18 Å². The Labute approximate surface area is 99.6 Å². The van der Waals surface area contributed by atoms with Crippen LogP contribution in [0.1, 0.15) is 47.0 Å². The Morgan fingerprint density at radius 1 is 1.06 bits per heavy atom. The Morgan fingerprint density at radius 2 is 1.47 bits per heavy atom. The van der Waals surface area contributed by atoms with Gasteiger partial charge in [0.1, 0.15) is 11.2 Å². The molecule has 0 spiro atoms. The smallest absolute Gasteiger partial charge is 0.299 e. The minimum absolute atomic E-state index is 0.317. The first kappa shape index (κ1) is 16.1. The lowest BCUT2D eigenvalue weighted by Crippen LogP contribution is -2.41. The molecule has 0 aliphatic rings. The van der Waals surface area contributed by atoms with Gasteiger partial charge < -0.3 is 0 Å². The van der Waals surface area contributed by atoms with Crippen molar-refractivity contribution in [3.8, 4) is 0 Å². The lowest BCUT2D eigenvalue weighted by atomic mass is 9.82. The highest BCUT2D eigenvalue weighted by Crippen LogP contribution is 2.39. The zero-order chi connectivity index (χ0) is 13.9. The number of Topliss-reactive ketones (excluding diaryl/α,β-unsaturated/α-hetero) is 2. The first-order valence-electron chi connectivity index (χ1n) is 5.70. The van der Waals surface area contributed by atoms with Gasteiger partial charge in [0, 0.05) is 5.92 Å². The van der Waals surface area contributed by atoms with Crippen LogP contribution in [0.15, 0.2) is 0 Å². The molecule has 0 aliphatic carbocycles. The highest BCUT2D eigenvalue weighted by Gasteiger charge is 2.52. The van der Waals surface area contributed by atoms with Crippen LogP contribution >= 0.6 is 0 Å². The summed E-state index contributed by atoms with van der Waals surface area (Å²) in [7, 11) is 0. The van der Waals surface area contributed by atoms with Gasteiger partial charge in [-0.15, -0.1) is 0 Å². The molecule has 0 bridgehead atoms. The number of alkyl halides is 3. The number of halogens is 3. The maximum Gasteiger partial charge on any atom is 0.400 e. The van der Waals surface area contributed by atoms with Crippen LogP contribution in [0, 0.1) is 11.3 Å². The molecule has 0 N–H and O–H groups in total. The first-order chi connectivity index (χ1) is 7.57. The van der Waals surface area contributed by atoms with E-state index in [-0.39, 0.29) is 5.92 Å². The number of ketones is 2. The topological polar surface area (TPSA) is 34.1 Å². The fourth-order valence-corrected chi connectivity index (χ4v) is 1.43. The van der Waals surface area contributed by atoms with E-state index < -0.39 is 29.6 Å². The molecule has 0 aromatic carbocycles. The van der Waals surface area contributed by atoms with Crippen LogP contribution in [-0.2, 0) is 9.59 Å². The van der Waals surface area contributed by atoms with Crippen molar-refractivity contribution >= 4 is 11.6 Å². The van der Waals surface area contributed by atoms with Crippen LogP contribution in [-0.4, -0.2) is 17.7 Å². The zero-order valence-corrected chi connectivity index (χ0v) is 10.6. The summed E-state index contributed by atoms with van der Waals surface area (Å²) in [5.41, 5.74) is -2.45. The van der Waals surface area contributed by atoms with E-state index in [1.54, 1.807) is 13.8 Å². The van der Waals surface area contributed by atoms with Crippen LogP contribution in [0.25, 0.3) is 0 Å². The van der Waals surface area contributed by atoms with E-state index in [1.807, 2.05) is 0 Å². The lowest BCUT2D eigenvalue weighted by Gasteiger charge is -2.26. The van der Waals surface area contributed by atoms with Gasteiger partial charge in [-0.25, -0.2) is 0 Å². The average molecular weight is 252 g/mol. The Bertz CT molecular complexity index is 289. The van der Waals surface area contributed by atoms with Crippen LogP contribution in [0.2, 0.25) is 0 Å². The molecule has 0 radical (unpaired) electrons. The second-order valence-electron chi connectivity index (χ2n) is 4.70. The number of carbonyl (C=O) groups excluding carboxylic acids is 2. The molecule has 0 heterocycles. The lowest BCUT2D eigenvalue weighted by molar-refractivity contribution is -0.210. The van der Waals surface area contributed by atoms with Gasteiger partial charge in [-0.2, -0.15) is 13.2 Å². The number of hydrogen-bond acceptors (Lipinski definition) is 2. The minimum atomic E-state index is -4.61. The Balaban J connectivity index is 4.72. The number of hydrogen-bond donors (Lipinski definition) is 0. The van der Waals surface area contributed by atoms with Crippen LogP contribution < -0.4 is 0 Å². The Hall–Kier alpha value is -0.870. The maximum absolute atomic E-state index is 12.6. The summed E-state index contributed by atoms with van der Waals surface area (Å²) >= 11 is 0. The highest BCUT2D eigenvalue weighted by molar-refractivity contribution is 6.02. The Kier molecular flexibility index (Phi) is 5.36. The normalized spacial score (nSPS) is 12.9. The van der Waals surface area contributed by atoms with Gasteiger partial charge in [0.15, 0.2) is 5.78 Å². The molecule has 0 aromatic rings. The van der Waals surface area contributed by atoms with Crippen LogP contribution in [0.3, 0.4) is 0 Å². The van der Waals surface area contributed by atoms with Gasteiger partial charge in [0.25, 0.3) is 0 Å². The third kappa shape index (κ3) is 3.82. The van der Waals surface area contributed by atoms with E-state index in [0.29, 0.717) is 12.8 Å². The highest BCUT2D eigenvalue weighted by atomic mass is 19.4. The molecule has 100 valence electrons. The molecule has 0 saturated carbocycles. The molecule has 0 rings (SSSR count). The quantitative estimate of drug-likeness (QED) is 0.677. The van der Waals surface area contributed by atoms with Crippen molar-refractivity contribution in [2.75, 3.05) is 0 Å². The van der Waals surface area contributed by atoms with Crippen molar-refractivity contribution in [2.45, 2.75) is 53.1 Å². The van der Waals surface area contributed by atoms with E-state index in [2.05, 4.69) is 0 Å². The molecule has 2 nitrogen and oxygen atoms in total. The third-order valence-electron chi connectivity index (χ3n) is 3.18. The summed E-state index contributed by atoms with van der Waals surface area (Å²) in [6, 6.07) is 0. The summed E-state index contributed by atoms with van der Waals surface area (Å²) < 4.78 is 37.7. The number of rotatable bonds is 6. The molecule has 0 amide bonds. The SMILES string of the molecule is CCC(CC)C(=O)CC(=O)C(C)(C)C(F)(F)F. The molecular weight excluding hydrogens is 233 g/mol. The van der Waals surface area contributed by atoms with Gasteiger partial charge in [-0.3, -0.25) is 9.59 Å². The molecule has 0 aromatic heterocycles. The van der Waals surface area contributed by atoms with Gasteiger partial charge in [-0.1, -0.05) is 13.8 Å². The van der Waals surface area contributed by atoms with Crippen molar-refractivity contribution in [1.82, 2.24) is 0 Å². The summed E-state index contributed by atoms with van der Waals surface area (Å²) in [4.78, 5) is 23.1. The van der Waals surface area contributed by atoms with E-state index >= 15 is 0 Å². The predicted octanol–water partition coefficient (Wildman–Crippen LogP) is 3.54. The van der Waals surface area contributed by atoms with Crippen molar-refractivity contribution in [3.05, 3.63) is 0 Å². The van der Waals surface area contributed by atoms with Crippen LogP contribution in [0.5, 0.6) is 0 Å². The largest absolute Gasteiger partial charge is 0.400 e. The maximum atomic E-state index is 12.6. The minimum Gasteiger partial charge on any atom is -0.299 e. The third-order valence-corrected chi connectivity index (χ3v) is 3.18. The summed E-state index contributed by atoms with van der Waals surface area (Å²) in [5, 5.41) is 0. The van der Waals surface area contributed by atoms with Crippen molar-refractivity contribution in [2.24, 2.45) is 11.3 Å². The van der Waals surface area contributed by atoms with Crippen molar-refractivity contribution in [1.29, 1.82) is 0 Å². The molecule has 0 saturated heterocycles. The molecule has 5 heteroatoms. The number of carbonyl (C=O) groups is 2. The fourth-order valence-electron chi connectivity index (χ4n) is 1.43. The molecule has 0 unspecified atom stereocenters. The van der Waals surface area contributed by atoms with Crippen molar-refractivity contribution in [3.63, 3.8) is 0 Å². The van der Waals surface area contributed by atoms with E-state index in [9.17, 15) is 22.8 Å². The van der Waals surface area contributed by atoms with Gasteiger partial charge in [0.05, 0.1) is 6.42 Å². The first-order valence-corrected chi connectivity index (χ1v) is 5.70. The zero-order valence-electron chi connectivity index (χ0n) is 10.6. The predicted molar refractivity (Wildman–Crippen MR) is 58.5 cm³/mol. The van der Waals surface area contributed by atoms with Gasteiger partial charge in [0.2, 0.25) is 0 Å². The van der Waals surface area contributed by atoms with E-state index in [1.165, 1.54) is 0 Å². The van der Waals surface area contributed by atoms with Gasteiger partial charge in [-0.05, 0) is 26.7 Å².